The number of para-hydroxylation sites is 1. The summed E-state index contributed by atoms with van der Waals surface area (Å²) >= 11 is 0. The van der Waals surface area contributed by atoms with Gasteiger partial charge in [0.15, 0.2) is 0 Å². The molecule has 0 saturated carbocycles. The SMILES string of the molecule is O=C(Nc1ccc(C(=O)N2CCCC2)cc1)c1cccc2c3c([nH]c12)CCCC3. The molecule has 1 aliphatic heterocycles. The number of aryl methyl sites for hydroxylation is 2. The number of anilines is 1. The summed E-state index contributed by atoms with van der Waals surface area (Å²) < 4.78 is 0. The Morgan fingerprint density at radius 1 is 0.897 bits per heavy atom. The quantitative estimate of drug-likeness (QED) is 0.693. The molecule has 148 valence electrons. The van der Waals surface area contributed by atoms with Crippen molar-refractivity contribution >= 4 is 28.4 Å². The highest BCUT2D eigenvalue weighted by atomic mass is 16.2. The summed E-state index contributed by atoms with van der Waals surface area (Å²) in [5.41, 5.74) is 5.60. The zero-order valence-electron chi connectivity index (χ0n) is 16.5. The van der Waals surface area contributed by atoms with Gasteiger partial charge in [-0.2, -0.15) is 0 Å². The van der Waals surface area contributed by atoms with Gasteiger partial charge in [0.05, 0.1) is 11.1 Å². The lowest BCUT2D eigenvalue weighted by Gasteiger charge is -2.15. The Kier molecular flexibility index (Phi) is 4.58. The van der Waals surface area contributed by atoms with Crippen molar-refractivity contribution in [2.75, 3.05) is 18.4 Å². The van der Waals surface area contributed by atoms with Gasteiger partial charge in [-0.1, -0.05) is 12.1 Å². The van der Waals surface area contributed by atoms with Gasteiger partial charge in [-0.05, 0) is 74.4 Å². The monoisotopic (exact) mass is 387 g/mol. The number of likely N-dealkylation sites (tertiary alicyclic amines) is 1. The fourth-order valence-electron chi connectivity index (χ4n) is 4.62. The lowest BCUT2D eigenvalue weighted by molar-refractivity contribution is 0.0792. The average molecular weight is 387 g/mol. The molecule has 1 fully saturated rings. The van der Waals surface area contributed by atoms with E-state index in [1.54, 1.807) is 24.3 Å². The predicted molar refractivity (Wildman–Crippen MR) is 114 cm³/mol. The summed E-state index contributed by atoms with van der Waals surface area (Å²) in [6.07, 6.45) is 6.69. The maximum Gasteiger partial charge on any atom is 0.257 e. The van der Waals surface area contributed by atoms with Crippen LogP contribution in [0.4, 0.5) is 5.69 Å². The third kappa shape index (κ3) is 3.31. The van der Waals surface area contributed by atoms with E-state index >= 15 is 0 Å². The van der Waals surface area contributed by atoms with E-state index in [1.807, 2.05) is 17.0 Å². The Morgan fingerprint density at radius 2 is 1.66 bits per heavy atom. The highest BCUT2D eigenvalue weighted by Gasteiger charge is 2.21. The van der Waals surface area contributed by atoms with Gasteiger partial charge >= 0.3 is 0 Å². The number of nitrogens with one attached hydrogen (secondary N) is 2. The van der Waals surface area contributed by atoms with Crippen molar-refractivity contribution in [3.63, 3.8) is 0 Å². The summed E-state index contributed by atoms with van der Waals surface area (Å²) in [5.74, 6) is -0.0603. The third-order valence-electron chi connectivity index (χ3n) is 6.16. The van der Waals surface area contributed by atoms with Crippen LogP contribution >= 0.6 is 0 Å². The van der Waals surface area contributed by atoms with E-state index in [0.717, 1.165) is 44.3 Å². The third-order valence-corrected chi connectivity index (χ3v) is 6.16. The van der Waals surface area contributed by atoms with Gasteiger partial charge in [0, 0.05) is 35.4 Å². The van der Waals surface area contributed by atoms with Crippen LogP contribution in [0, 0.1) is 0 Å². The lowest BCUT2D eigenvalue weighted by Crippen LogP contribution is -2.27. The molecule has 0 bridgehead atoms. The number of H-pyrrole nitrogens is 1. The van der Waals surface area contributed by atoms with E-state index in [0.29, 0.717) is 16.8 Å². The van der Waals surface area contributed by atoms with E-state index in [4.69, 9.17) is 0 Å². The van der Waals surface area contributed by atoms with Crippen LogP contribution < -0.4 is 5.32 Å². The number of carbonyl (C=O) groups excluding carboxylic acids is 2. The minimum absolute atomic E-state index is 0.0714. The number of fused-ring (bicyclic) bond motifs is 3. The molecule has 0 unspecified atom stereocenters. The van der Waals surface area contributed by atoms with Crippen LogP contribution in [0.2, 0.25) is 0 Å². The van der Waals surface area contributed by atoms with Gasteiger partial charge in [0.2, 0.25) is 0 Å². The minimum atomic E-state index is -0.132. The van der Waals surface area contributed by atoms with Crippen LogP contribution in [0.15, 0.2) is 42.5 Å². The molecule has 2 aromatic carbocycles. The zero-order valence-corrected chi connectivity index (χ0v) is 16.5. The fraction of sp³-hybridized carbons (Fsp3) is 0.333. The van der Waals surface area contributed by atoms with E-state index in [9.17, 15) is 9.59 Å². The lowest BCUT2D eigenvalue weighted by atomic mass is 9.95. The summed E-state index contributed by atoms with van der Waals surface area (Å²) in [7, 11) is 0. The van der Waals surface area contributed by atoms with E-state index in [2.05, 4.69) is 16.4 Å². The Labute approximate surface area is 170 Å². The largest absolute Gasteiger partial charge is 0.358 e. The van der Waals surface area contributed by atoms with Gasteiger partial charge in [-0.25, -0.2) is 0 Å². The maximum atomic E-state index is 13.0. The highest BCUT2D eigenvalue weighted by molar-refractivity contribution is 6.12. The topological polar surface area (TPSA) is 65.2 Å². The minimum Gasteiger partial charge on any atom is -0.358 e. The molecule has 2 heterocycles. The van der Waals surface area contributed by atoms with Crippen LogP contribution in [-0.4, -0.2) is 34.8 Å². The Hall–Kier alpha value is -3.08. The van der Waals surface area contributed by atoms with Crippen LogP contribution in [0.5, 0.6) is 0 Å². The maximum absolute atomic E-state index is 13.0. The summed E-state index contributed by atoms with van der Waals surface area (Å²) in [4.78, 5) is 30.8. The number of rotatable bonds is 3. The molecule has 3 aromatic rings. The number of hydrogen-bond acceptors (Lipinski definition) is 2. The van der Waals surface area contributed by atoms with Crippen LogP contribution in [0.1, 0.15) is 57.7 Å². The molecular weight excluding hydrogens is 362 g/mol. The van der Waals surface area contributed by atoms with Crippen molar-refractivity contribution in [2.45, 2.75) is 38.5 Å². The average Bonchev–Trinajstić information content (AvgIpc) is 3.41. The second-order valence-electron chi connectivity index (χ2n) is 8.05. The van der Waals surface area contributed by atoms with E-state index < -0.39 is 0 Å². The van der Waals surface area contributed by atoms with Gasteiger partial charge in [-0.15, -0.1) is 0 Å². The van der Waals surface area contributed by atoms with Gasteiger partial charge in [0.25, 0.3) is 11.8 Å². The summed E-state index contributed by atoms with van der Waals surface area (Å²) in [6, 6.07) is 13.1. The molecule has 0 atom stereocenters. The van der Waals surface area contributed by atoms with Gasteiger partial charge in [-0.3, -0.25) is 9.59 Å². The molecule has 1 saturated heterocycles. The van der Waals surface area contributed by atoms with Crippen LogP contribution in [-0.2, 0) is 12.8 Å². The molecule has 1 aromatic heterocycles. The molecule has 5 nitrogen and oxygen atoms in total. The number of amides is 2. The predicted octanol–water partition coefficient (Wildman–Crippen LogP) is 4.54. The molecule has 0 radical (unpaired) electrons. The normalized spacial score (nSPS) is 16.1. The van der Waals surface area contributed by atoms with Gasteiger partial charge in [0.1, 0.15) is 0 Å². The molecule has 2 amide bonds. The van der Waals surface area contributed by atoms with Crippen LogP contribution in [0.25, 0.3) is 10.9 Å². The first-order chi connectivity index (χ1) is 14.2. The first-order valence-electron chi connectivity index (χ1n) is 10.5. The summed E-state index contributed by atoms with van der Waals surface area (Å²) in [5, 5.41) is 4.15. The number of aromatic amines is 1. The van der Waals surface area contributed by atoms with Crippen molar-refractivity contribution in [3.8, 4) is 0 Å². The van der Waals surface area contributed by atoms with Crippen molar-refractivity contribution in [3.05, 3.63) is 64.8 Å². The Morgan fingerprint density at radius 3 is 2.45 bits per heavy atom. The zero-order chi connectivity index (χ0) is 19.8. The Bertz CT molecular complexity index is 1080. The number of benzene rings is 2. The molecule has 0 spiro atoms. The first-order valence-corrected chi connectivity index (χ1v) is 10.5. The molecule has 5 rings (SSSR count). The van der Waals surface area contributed by atoms with Crippen LogP contribution in [0.3, 0.4) is 0 Å². The van der Waals surface area contributed by atoms with E-state index in [1.165, 1.54) is 29.5 Å². The number of carbonyl (C=O) groups is 2. The van der Waals surface area contributed by atoms with Crippen molar-refractivity contribution < 1.29 is 9.59 Å². The fourth-order valence-corrected chi connectivity index (χ4v) is 4.62. The second-order valence-corrected chi connectivity index (χ2v) is 8.05. The molecule has 1 aliphatic carbocycles. The number of aromatic nitrogens is 1. The van der Waals surface area contributed by atoms with Crippen molar-refractivity contribution in [2.24, 2.45) is 0 Å². The van der Waals surface area contributed by atoms with Crippen molar-refractivity contribution in [1.82, 2.24) is 9.88 Å². The number of hydrogen-bond donors (Lipinski definition) is 2. The van der Waals surface area contributed by atoms with Gasteiger partial charge < -0.3 is 15.2 Å². The standard InChI is InChI=1S/C24H25N3O2/c28-23(20-8-5-7-19-18-6-1-2-9-21(18)26-22(19)20)25-17-12-10-16(11-13-17)24(29)27-14-3-4-15-27/h5,7-8,10-13,26H,1-4,6,9,14-15H2,(H,25,28). The molecule has 29 heavy (non-hydrogen) atoms. The molecule has 2 N–H and O–H groups in total. The number of nitrogens with zero attached hydrogens (tertiary/aromatic N) is 1. The van der Waals surface area contributed by atoms with E-state index in [-0.39, 0.29) is 11.8 Å². The smallest absolute Gasteiger partial charge is 0.257 e. The first kappa shape index (κ1) is 18.0. The Balaban J connectivity index is 1.36. The van der Waals surface area contributed by atoms with Crippen molar-refractivity contribution in [1.29, 1.82) is 0 Å². The second kappa shape index (κ2) is 7.39. The molecule has 5 heteroatoms. The molecular formula is C24H25N3O2. The molecule has 2 aliphatic rings. The summed E-state index contributed by atoms with van der Waals surface area (Å²) in [6.45, 7) is 1.67. The highest BCUT2D eigenvalue weighted by Crippen LogP contribution is 2.31.